The molecule has 0 aromatic heterocycles. The fourth-order valence-corrected chi connectivity index (χ4v) is 4.98. The topological polar surface area (TPSA) is 86.8 Å². The van der Waals surface area contributed by atoms with Crippen LogP contribution in [0.1, 0.15) is 42.9 Å². The van der Waals surface area contributed by atoms with E-state index in [0.29, 0.717) is 23.6 Å². The van der Waals surface area contributed by atoms with Crippen molar-refractivity contribution >= 4 is 39.1 Å². The number of anilines is 1. The third-order valence-electron chi connectivity index (χ3n) is 5.68. The fourth-order valence-electron chi connectivity index (χ4n) is 3.84. The summed E-state index contributed by atoms with van der Waals surface area (Å²) in [6, 6.07) is 12.2. The van der Waals surface area contributed by atoms with Crippen molar-refractivity contribution in [2.75, 3.05) is 24.2 Å². The molecule has 2 amide bonds. The molecular formula is C25H34ClN3O4S. The molecule has 0 fully saturated rings. The molecule has 9 heteroatoms. The summed E-state index contributed by atoms with van der Waals surface area (Å²) in [5.74, 6) is -0.447. The van der Waals surface area contributed by atoms with Crippen molar-refractivity contribution in [1.29, 1.82) is 0 Å². The van der Waals surface area contributed by atoms with Gasteiger partial charge in [0.15, 0.2) is 0 Å². The van der Waals surface area contributed by atoms with Crippen molar-refractivity contribution in [2.24, 2.45) is 0 Å². The lowest BCUT2D eigenvalue weighted by Crippen LogP contribution is -2.48. The average Bonchev–Trinajstić information content (AvgIpc) is 2.78. The Morgan fingerprint density at radius 3 is 2.29 bits per heavy atom. The Morgan fingerprint density at radius 1 is 1.09 bits per heavy atom. The van der Waals surface area contributed by atoms with Crippen LogP contribution < -0.4 is 9.62 Å². The van der Waals surface area contributed by atoms with E-state index in [9.17, 15) is 18.0 Å². The van der Waals surface area contributed by atoms with Gasteiger partial charge in [-0.1, -0.05) is 42.8 Å². The lowest BCUT2D eigenvalue weighted by Gasteiger charge is -2.31. The minimum absolute atomic E-state index is 0.109. The first-order valence-corrected chi connectivity index (χ1v) is 13.5. The number of halogens is 1. The van der Waals surface area contributed by atoms with E-state index in [0.717, 1.165) is 16.7 Å². The summed E-state index contributed by atoms with van der Waals surface area (Å²) in [7, 11) is -1.99. The number of carbonyl (C=O) groups excluding carboxylic acids is 2. The molecule has 2 rings (SSSR count). The van der Waals surface area contributed by atoms with Crippen molar-refractivity contribution in [3.05, 3.63) is 64.2 Å². The molecule has 0 aliphatic rings. The summed E-state index contributed by atoms with van der Waals surface area (Å²) >= 11 is 5.98. The van der Waals surface area contributed by atoms with Crippen LogP contribution >= 0.6 is 11.6 Å². The molecule has 0 aliphatic heterocycles. The highest BCUT2D eigenvalue weighted by molar-refractivity contribution is 7.92. The Balaban J connectivity index is 2.21. The van der Waals surface area contributed by atoms with Crippen molar-refractivity contribution in [3.63, 3.8) is 0 Å². The zero-order chi connectivity index (χ0) is 25.5. The normalized spacial score (nSPS) is 12.2. The highest BCUT2D eigenvalue weighted by Crippen LogP contribution is 2.25. The molecule has 0 unspecified atom stereocenters. The maximum Gasteiger partial charge on any atom is 0.242 e. The number of amides is 2. The number of nitrogens with zero attached hydrogens (tertiary/aromatic N) is 2. The number of hydrogen-bond acceptors (Lipinski definition) is 4. The van der Waals surface area contributed by atoms with Gasteiger partial charge in [-0.15, -0.1) is 0 Å². The molecule has 186 valence electrons. The minimum atomic E-state index is -3.53. The number of carbonyl (C=O) groups is 2. The molecular weight excluding hydrogens is 474 g/mol. The number of rotatable bonds is 11. The summed E-state index contributed by atoms with van der Waals surface area (Å²) in [5.41, 5.74) is 3.27. The zero-order valence-corrected chi connectivity index (χ0v) is 22.0. The van der Waals surface area contributed by atoms with E-state index in [1.54, 1.807) is 24.1 Å². The van der Waals surface area contributed by atoms with Crippen LogP contribution in [-0.4, -0.2) is 51.0 Å². The van der Waals surface area contributed by atoms with Gasteiger partial charge in [-0.3, -0.25) is 13.9 Å². The Morgan fingerprint density at radius 2 is 1.74 bits per heavy atom. The van der Waals surface area contributed by atoms with Gasteiger partial charge < -0.3 is 10.2 Å². The fraction of sp³-hybridized carbons (Fsp3) is 0.440. The summed E-state index contributed by atoms with van der Waals surface area (Å²) in [6.07, 6.45) is 2.05. The van der Waals surface area contributed by atoms with Crippen LogP contribution in [0, 0.1) is 13.8 Å². The largest absolute Gasteiger partial charge is 0.357 e. The maximum absolute atomic E-state index is 13.3. The second kappa shape index (κ2) is 12.2. The molecule has 7 nitrogen and oxygen atoms in total. The second-order valence-corrected chi connectivity index (χ2v) is 10.8. The smallest absolute Gasteiger partial charge is 0.242 e. The van der Waals surface area contributed by atoms with Gasteiger partial charge in [0, 0.05) is 31.6 Å². The molecule has 34 heavy (non-hydrogen) atoms. The van der Waals surface area contributed by atoms with E-state index < -0.39 is 16.1 Å². The molecule has 0 saturated heterocycles. The zero-order valence-electron chi connectivity index (χ0n) is 20.5. The molecule has 0 heterocycles. The minimum Gasteiger partial charge on any atom is -0.357 e. The molecule has 1 N–H and O–H groups in total. The quantitative estimate of drug-likeness (QED) is 0.497. The SMILES string of the molecule is CC[C@@H](C(=O)NC)N(Cc1ccc(Cl)cc1)C(=O)CCCN(c1cc(C)ccc1C)S(C)(=O)=O. The van der Waals surface area contributed by atoms with Crippen molar-refractivity contribution in [2.45, 2.75) is 52.6 Å². The number of sulfonamides is 1. The number of benzene rings is 2. The van der Waals surface area contributed by atoms with Gasteiger partial charge in [-0.05, 0) is 61.6 Å². The summed E-state index contributed by atoms with van der Waals surface area (Å²) in [4.78, 5) is 27.3. The van der Waals surface area contributed by atoms with E-state index in [-0.39, 0.29) is 31.3 Å². The Hall–Kier alpha value is -2.58. The highest BCUT2D eigenvalue weighted by Gasteiger charge is 2.28. The van der Waals surface area contributed by atoms with E-state index in [2.05, 4.69) is 5.32 Å². The van der Waals surface area contributed by atoms with Crippen LogP contribution in [0.3, 0.4) is 0 Å². The maximum atomic E-state index is 13.3. The highest BCUT2D eigenvalue weighted by atomic mass is 35.5. The number of nitrogens with one attached hydrogen (secondary N) is 1. The Labute approximate surface area is 208 Å². The van der Waals surface area contributed by atoms with Crippen LogP contribution in [0.4, 0.5) is 5.69 Å². The van der Waals surface area contributed by atoms with E-state index in [4.69, 9.17) is 11.6 Å². The Bertz CT molecular complexity index is 1100. The van der Waals surface area contributed by atoms with E-state index >= 15 is 0 Å². The lowest BCUT2D eigenvalue weighted by atomic mass is 10.1. The third kappa shape index (κ3) is 7.46. The first-order chi connectivity index (χ1) is 16.0. The third-order valence-corrected chi connectivity index (χ3v) is 7.12. The first kappa shape index (κ1) is 27.7. The van der Waals surface area contributed by atoms with Crippen molar-refractivity contribution in [1.82, 2.24) is 10.2 Å². The van der Waals surface area contributed by atoms with Crippen molar-refractivity contribution in [3.8, 4) is 0 Å². The van der Waals surface area contributed by atoms with Gasteiger partial charge in [0.2, 0.25) is 21.8 Å². The number of likely N-dealkylation sites (N-methyl/N-ethyl adjacent to an activating group) is 1. The van der Waals surface area contributed by atoms with Crippen LogP contribution in [0.15, 0.2) is 42.5 Å². The van der Waals surface area contributed by atoms with Gasteiger partial charge in [-0.25, -0.2) is 8.42 Å². The van der Waals surface area contributed by atoms with Crippen LogP contribution in [0.2, 0.25) is 5.02 Å². The summed E-state index contributed by atoms with van der Waals surface area (Å²) < 4.78 is 26.4. The molecule has 0 aliphatic carbocycles. The van der Waals surface area contributed by atoms with Gasteiger partial charge in [-0.2, -0.15) is 0 Å². The summed E-state index contributed by atoms with van der Waals surface area (Å²) in [5, 5.41) is 3.22. The predicted octanol–water partition coefficient (Wildman–Crippen LogP) is 4.06. The lowest BCUT2D eigenvalue weighted by molar-refractivity contribution is -0.141. The summed E-state index contributed by atoms with van der Waals surface area (Å²) in [6.45, 7) is 6.05. The van der Waals surface area contributed by atoms with Gasteiger partial charge in [0.25, 0.3) is 0 Å². The standard InChI is InChI=1S/C25H34ClN3O4S/c1-6-22(25(31)27-4)28(17-20-11-13-21(26)14-12-20)24(30)8-7-15-29(34(5,32)33)23-16-18(2)9-10-19(23)3/h9-14,16,22H,6-8,15,17H2,1-5H3,(H,27,31)/t22-/m0/s1. The second-order valence-electron chi connectivity index (χ2n) is 8.42. The van der Waals surface area contributed by atoms with Gasteiger partial charge in [0.1, 0.15) is 6.04 Å². The molecule has 1 atom stereocenters. The molecule has 2 aromatic carbocycles. The van der Waals surface area contributed by atoms with Gasteiger partial charge in [0.05, 0.1) is 11.9 Å². The number of aryl methyl sites for hydroxylation is 2. The molecule has 0 radical (unpaired) electrons. The Kier molecular flexibility index (Phi) is 9.94. The molecule has 2 aromatic rings. The van der Waals surface area contributed by atoms with Crippen LogP contribution in [0.25, 0.3) is 0 Å². The predicted molar refractivity (Wildman–Crippen MR) is 137 cm³/mol. The van der Waals surface area contributed by atoms with E-state index in [1.807, 2.05) is 51.1 Å². The molecule has 0 bridgehead atoms. The molecule has 0 spiro atoms. The first-order valence-electron chi connectivity index (χ1n) is 11.3. The van der Waals surface area contributed by atoms with Crippen LogP contribution in [-0.2, 0) is 26.2 Å². The monoisotopic (exact) mass is 507 g/mol. The average molecular weight is 508 g/mol. The number of hydrogen-bond donors (Lipinski definition) is 1. The van der Waals surface area contributed by atoms with Crippen LogP contribution in [0.5, 0.6) is 0 Å². The van der Waals surface area contributed by atoms with Crippen molar-refractivity contribution < 1.29 is 18.0 Å². The molecule has 0 saturated carbocycles. The van der Waals surface area contributed by atoms with E-state index in [1.165, 1.54) is 10.6 Å². The van der Waals surface area contributed by atoms with Gasteiger partial charge >= 0.3 is 0 Å².